The molecule has 5 heteroatoms. The molecule has 2 aromatic heterocycles. The van der Waals surface area contributed by atoms with Crippen LogP contribution in [0.2, 0.25) is 0 Å². The summed E-state index contributed by atoms with van der Waals surface area (Å²) >= 11 is 0. The first-order valence-corrected chi connectivity index (χ1v) is 7.22. The van der Waals surface area contributed by atoms with Crippen molar-refractivity contribution >= 4 is 16.9 Å². The van der Waals surface area contributed by atoms with Gasteiger partial charge in [0, 0.05) is 0 Å². The fourth-order valence-corrected chi connectivity index (χ4v) is 2.75. The van der Waals surface area contributed by atoms with Gasteiger partial charge in [0.2, 0.25) is 0 Å². The van der Waals surface area contributed by atoms with Gasteiger partial charge in [0.05, 0.1) is 17.1 Å². The molecule has 104 valence electrons. The number of nitrogens with two attached hydrogens (primary N) is 1. The van der Waals surface area contributed by atoms with Gasteiger partial charge in [0.15, 0.2) is 5.65 Å². The lowest BCUT2D eigenvalue weighted by Gasteiger charge is -2.22. The zero-order chi connectivity index (χ0) is 13.8. The van der Waals surface area contributed by atoms with Gasteiger partial charge in [-0.25, -0.2) is 14.6 Å². The Morgan fingerprint density at radius 2 is 1.84 bits per heavy atom. The Kier molecular flexibility index (Phi) is 4.35. The average molecular weight is 261 g/mol. The van der Waals surface area contributed by atoms with Gasteiger partial charge in [-0.2, -0.15) is 5.10 Å². The molecule has 0 amide bonds. The van der Waals surface area contributed by atoms with E-state index in [9.17, 15) is 0 Å². The Bertz CT molecular complexity index is 540. The van der Waals surface area contributed by atoms with Crippen molar-refractivity contribution in [2.24, 2.45) is 0 Å². The second-order valence-electron chi connectivity index (χ2n) is 4.78. The minimum atomic E-state index is 0.481. The molecular weight excluding hydrogens is 238 g/mol. The van der Waals surface area contributed by atoms with Crippen LogP contribution >= 0.6 is 0 Å². The summed E-state index contributed by atoms with van der Waals surface area (Å²) in [5.74, 6) is 0.537. The molecular formula is C14H23N5. The van der Waals surface area contributed by atoms with Crippen LogP contribution in [0.5, 0.6) is 0 Å². The molecule has 1 saturated carbocycles. The van der Waals surface area contributed by atoms with E-state index >= 15 is 0 Å². The van der Waals surface area contributed by atoms with Crippen molar-refractivity contribution < 1.29 is 0 Å². The van der Waals surface area contributed by atoms with Gasteiger partial charge in [0.1, 0.15) is 12.1 Å². The lowest BCUT2D eigenvalue weighted by Crippen LogP contribution is -2.14. The summed E-state index contributed by atoms with van der Waals surface area (Å²) in [6.07, 6.45) is 7.82. The predicted octanol–water partition coefficient (Wildman–Crippen LogP) is 3.25. The number of fused-ring (bicyclic) bond motifs is 1. The smallest absolute Gasteiger partial charge is 0.163 e. The number of aromatic nitrogens is 4. The van der Waals surface area contributed by atoms with E-state index in [0.717, 1.165) is 16.7 Å². The first-order chi connectivity index (χ1) is 9.27. The first-order valence-electron chi connectivity index (χ1n) is 7.22. The lowest BCUT2D eigenvalue weighted by atomic mass is 9.96. The molecule has 2 N–H and O–H groups in total. The van der Waals surface area contributed by atoms with Crippen molar-refractivity contribution in [1.29, 1.82) is 0 Å². The third-order valence-corrected chi connectivity index (χ3v) is 3.61. The van der Waals surface area contributed by atoms with Crippen molar-refractivity contribution in [2.75, 3.05) is 5.73 Å². The van der Waals surface area contributed by atoms with Gasteiger partial charge in [-0.3, -0.25) is 0 Å². The number of nitrogen functional groups attached to an aromatic ring is 1. The molecule has 0 bridgehead atoms. The maximum Gasteiger partial charge on any atom is 0.163 e. The van der Waals surface area contributed by atoms with Crippen LogP contribution in [-0.4, -0.2) is 19.7 Å². The fourth-order valence-electron chi connectivity index (χ4n) is 2.75. The Labute approximate surface area is 114 Å². The summed E-state index contributed by atoms with van der Waals surface area (Å²) in [5.41, 5.74) is 7.72. The molecule has 5 nitrogen and oxygen atoms in total. The summed E-state index contributed by atoms with van der Waals surface area (Å²) in [4.78, 5) is 8.39. The molecule has 2 heterocycles. The molecule has 1 aliphatic rings. The molecule has 1 aliphatic carbocycles. The van der Waals surface area contributed by atoms with E-state index in [1.165, 1.54) is 38.4 Å². The van der Waals surface area contributed by atoms with E-state index in [4.69, 9.17) is 5.73 Å². The number of hydrogen-bond donors (Lipinski definition) is 1. The molecule has 0 saturated heterocycles. The van der Waals surface area contributed by atoms with Gasteiger partial charge in [-0.1, -0.05) is 33.1 Å². The average Bonchev–Trinajstić information content (AvgIpc) is 2.81. The summed E-state index contributed by atoms with van der Waals surface area (Å²) in [6.45, 7) is 5.97. The molecule has 0 unspecified atom stereocenters. The topological polar surface area (TPSA) is 69.6 Å². The Balaban J connectivity index is 0.000000637. The fraction of sp³-hybridized carbons (Fsp3) is 0.643. The zero-order valence-corrected chi connectivity index (χ0v) is 12.1. The van der Waals surface area contributed by atoms with Gasteiger partial charge in [0.25, 0.3) is 0 Å². The summed E-state index contributed by atoms with van der Waals surface area (Å²) in [7, 11) is 0. The zero-order valence-electron chi connectivity index (χ0n) is 12.1. The normalized spacial score (nSPS) is 16.2. The maximum atomic E-state index is 5.90. The standard InChI is InChI=1S/C12H17N5.C2H6/c1-8-10-11(13)14-7-15-12(10)17(16-8)9-5-3-2-4-6-9;1-2/h7,9H,2-6H2,1H3,(H2,13,14,15);1-2H3. The molecule has 3 rings (SSSR count). The highest BCUT2D eigenvalue weighted by molar-refractivity contribution is 5.87. The van der Waals surface area contributed by atoms with Gasteiger partial charge >= 0.3 is 0 Å². The van der Waals surface area contributed by atoms with Crippen LogP contribution < -0.4 is 5.73 Å². The number of aryl methyl sites for hydroxylation is 1. The molecule has 0 atom stereocenters. The highest BCUT2D eigenvalue weighted by Crippen LogP contribution is 2.31. The highest BCUT2D eigenvalue weighted by Gasteiger charge is 2.21. The van der Waals surface area contributed by atoms with Crippen molar-refractivity contribution in [3.8, 4) is 0 Å². The third kappa shape index (κ3) is 2.55. The molecule has 2 aromatic rings. The van der Waals surface area contributed by atoms with E-state index in [1.54, 1.807) is 0 Å². The monoisotopic (exact) mass is 261 g/mol. The largest absolute Gasteiger partial charge is 0.383 e. The minimum Gasteiger partial charge on any atom is -0.383 e. The molecule has 1 fully saturated rings. The number of nitrogens with zero attached hydrogens (tertiary/aromatic N) is 4. The van der Waals surface area contributed by atoms with Crippen LogP contribution in [0.3, 0.4) is 0 Å². The molecule has 0 radical (unpaired) electrons. The van der Waals surface area contributed by atoms with Crippen LogP contribution in [0.25, 0.3) is 11.0 Å². The van der Waals surface area contributed by atoms with Crippen LogP contribution in [0.4, 0.5) is 5.82 Å². The summed E-state index contributed by atoms with van der Waals surface area (Å²) in [5, 5.41) is 5.52. The second-order valence-corrected chi connectivity index (χ2v) is 4.78. The maximum absolute atomic E-state index is 5.90. The van der Waals surface area contributed by atoms with E-state index in [0.29, 0.717) is 11.9 Å². The highest BCUT2D eigenvalue weighted by atomic mass is 15.3. The van der Waals surface area contributed by atoms with E-state index in [2.05, 4.69) is 19.7 Å². The molecule has 0 spiro atoms. The minimum absolute atomic E-state index is 0.481. The van der Waals surface area contributed by atoms with Crippen LogP contribution in [0, 0.1) is 6.92 Å². The second kappa shape index (κ2) is 5.99. The first kappa shape index (κ1) is 13.8. The number of anilines is 1. The van der Waals surface area contributed by atoms with Crippen molar-refractivity contribution in [1.82, 2.24) is 19.7 Å². The third-order valence-electron chi connectivity index (χ3n) is 3.61. The Morgan fingerprint density at radius 1 is 1.16 bits per heavy atom. The van der Waals surface area contributed by atoms with Crippen LogP contribution in [-0.2, 0) is 0 Å². The van der Waals surface area contributed by atoms with Crippen LogP contribution in [0.15, 0.2) is 6.33 Å². The predicted molar refractivity (Wildman–Crippen MR) is 77.9 cm³/mol. The van der Waals surface area contributed by atoms with Gasteiger partial charge in [-0.05, 0) is 19.8 Å². The van der Waals surface area contributed by atoms with E-state index in [1.807, 2.05) is 20.8 Å². The van der Waals surface area contributed by atoms with Crippen LogP contribution in [0.1, 0.15) is 57.7 Å². The Morgan fingerprint density at radius 3 is 2.53 bits per heavy atom. The van der Waals surface area contributed by atoms with Crippen molar-refractivity contribution in [2.45, 2.75) is 58.9 Å². The Hall–Kier alpha value is -1.65. The molecule has 19 heavy (non-hydrogen) atoms. The van der Waals surface area contributed by atoms with Gasteiger partial charge in [-0.15, -0.1) is 0 Å². The SMILES string of the molecule is CC.Cc1nn(C2CCCCC2)c2ncnc(N)c12. The summed E-state index contributed by atoms with van der Waals surface area (Å²) in [6, 6.07) is 0.481. The quantitative estimate of drug-likeness (QED) is 0.855. The molecule has 0 aromatic carbocycles. The van der Waals surface area contributed by atoms with E-state index < -0.39 is 0 Å². The van der Waals surface area contributed by atoms with Gasteiger partial charge < -0.3 is 5.73 Å². The van der Waals surface area contributed by atoms with Crippen molar-refractivity contribution in [3.05, 3.63) is 12.0 Å². The summed E-state index contributed by atoms with van der Waals surface area (Å²) < 4.78 is 2.06. The lowest BCUT2D eigenvalue weighted by molar-refractivity contribution is 0.335. The number of hydrogen-bond acceptors (Lipinski definition) is 4. The number of rotatable bonds is 1. The molecule has 0 aliphatic heterocycles. The van der Waals surface area contributed by atoms with Crippen molar-refractivity contribution in [3.63, 3.8) is 0 Å². The van der Waals surface area contributed by atoms with E-state index in [-0.39, 0.29) is 0 Å².